The molecule has 0 spiro atoms. The Hall–Kier alpha value is -0.620. The molecule has 1 rings (SSSR count). The van der Waals surface area contributed by atoms with Crippen LogP contribution in [0.15, 0.2) is 0 Å². The molecule has 0 bridgehead atoms. The summed E-state index contributed by atoms with van der Waals surface area (Å²) in [5, 5.41) is 0. The predicted octanol–water partition coefficient (Wildman–Crippen LogP) is 0.255. The third-order valence-corrected chi connectivity index (χ3v) is 4.91. The first-order valence-corrected chi connectivity index (χ1v) is 8.34. The van der Waals surface area contributed by atoms with Crippen LogP contribution < -0.4 is 5.73 Å². The number of nitrogens with two attached hydrogens (primary N) is 1. The zero-order valence-corrected chi connectivity index (χ0v) is 12.1. The van der Waals surface area contributed by atoms with Crippen molar-refractivity contribution in [2.75, 3.05) is 31.1 Å². The highest BCUT2D eigenvalue weighted by Gasteiger charge is 2.26. The van der Waals surface area contributed by atoms with Crippen molar-refractivity contribution in [2.45, 2.75) is 26.7 Å². The summed E-state index contributed by atoms with van der Waals surface area (Å²) in [6.45, 7) is 5.40. The Morgan fingerprint density at radius 3 is 2.28 bits per heavy atom. The Kier molecular flexibility index (Phi) is 5.59. The van der Waals surface area contributed by atoms with Crippen LogP contribution in [0.2, 0.25) is 0 Å². The minimum Gasteiger partial charge on any atom is -0.341 e. The van der Waals surface area contributed by atoms with Crippen molar-refractivity contribution in [3.05, 3.63) is 0 Å². The van der Waals surface area contributed by atoms with Gasteiger partial charge in [-0.3, -0.25) is 4.79 Å². The summed E-state index contributed by atoms with van der Waals surface area (Å²) >= 11 is 0. The molecule has 1 heterocycles. The minimum atomic E-state index is -2.92. The van der Waals surface area contributed by atoms with Crippen LogP contribution in [0.3, 0.4) is 0 Å². The molecule has 6 heteroatoms. The smallest absolute Gasteiger partial charge is 0.222 e. The quantitative estimate of drug-likeness (QED) is 0.781. The van der Waals surface area contributed by atoms with E-state index in [2.05, 4.69) is 13.8 Å². The van der Waals surface area contributed by atoms with Crippen molar-refractivity contribution < 1.29 is 13.2 Å². The van der Waals surface area contributed by atoms with Gasteiger partial charge in [0.25, 0.3) is 0 Å². The van der Waals surface area contributed by atoms with Gasteiger partial charge in [-0.15, -0.1) is 0 Å². The van der Waals surface area contributed by atoms with E-state index in [0.717, 1.165) is 6.42 Å². The van der Waals surface area contributed by atoms with E-state index in [1.807, 2.05) is 0 Å². The lowest BCUT2D eigenvalue weighted by atomic mass is 9.94. The van der Waals surface area contributed by atoms with Gasteiger partial charge in [-0.05, 0) is 24.8 Å². The van der Waals surface area contributed by atoms with Crippen LogP contribution in [0.25, 0.3) is 0 Å². The molecule has 0 aromatic rings. The zero-order chi connectivity index (χ0) is 13.8. The topological polar surface area (TPSA) is 80.5 Å². The molecule has 0 aliphatic carbocycles. The van der Waals surface area contributed by atoms with E-state index in [4.69, 9.17) is 5.73 Å². The number of rotatable bonds is 5. The van der Waals surface area contributed by atoms with Crippen molar-refractivity contribution in [3.63, 3.8) is 0 Å². The molecule has 0 aromatic heterocycles. The lowest BCUT2D eigenvalue weighted by Crippen LogP contribution is -2.44. The minimum absolute atomic E-state index is 0.0426. The second kappa shape index (κ2) is 6.52. The summed E-state index contributed by atoms with van der Waals surface area (Å²) in [5.74, 6) is 0.956. The van der Waals surface area contributed by atoms with Gasteiger partial charge in [0, 0.05) is 19.5 Å². The second-order valence-corrected chi connectivity index (χ2v) is 7.77. The normalized spacial score (nSPS) is 21.0. The second-order valence-electron chi connectivity index (χ2n) is 5.47. The Morgan fingerprint density at radius 1 is 1.28 bits per heavy atom. The monoisotopic (exact) mass is 276 g/mol. The predicted molar refractivity (Wildman–Crippen MR) is 71.9 cm³/mol. The van der Waals surface area contributed by atoms with Gasteiger partial charge in [0.15, 0.2) is 9.84 Å². The average molecular weight is 276 g/mol. The lowest BCUT2D eigenvalue weighted by molar-refractivity contribution is -0.131. The van der Waals surface area contributed by atoms with Crippen LogP contribution in [0, 0.1) is 11.8 Å². The molecule has 0 radical (unpaired) electrons. The van der Waals surface area contributed by atoms with Crippen molar-refractivity contribution in [1.82, 2.24) is 4.90 Å². The molecule has 1 atom stereocenters. The van der Waals surface area contributed by atoms with Gasteiger partial charge in [0.1, 0.15) is 0 Å². The van der Waals surface area contributed by atoms with Crippen LogP contribution >= 0.6 is 0 Å². The molecule has 106 valence electrons. The highest BCUT2D eigenvalue weighted by molar-refractivity contribution is 7.91. The number of carbonyl (C=O) groups is 1. The molecular weight excluding hydrogens is 252 g/mol. The third kappa shape index (κ3) is 4.94. The highest BCUT2D eigenvalue weighted by atomic mass is 32.2. The summed E-state index contributed by atoms with van der Waals surface area (Å²) < 4.78 is 22.6. The number of hydrogen-bond donors (Lipinski definition) is 1. The third-order valence-electron chi connectivity index (χ3n) is 3.30. The standard InChI is InChI=1S/C12H24N2O3S/c1-10(2)7-11(9-13)8-12(15)14-3-5-18(16,17)6-4-14/h10-11H,3-9,13H2,1-2H3. The molecule has 0 saturated carbocycles. The van der Waals surface area contributed by atoms with Crippen molar-refractivity contribution in [3.8, 4) is 0 Å². The summed E-state index contributed by atoms with van der Waals surface area (Å²) in [6.07, 6.45) is 1.38. The van der Waals surface area contributed by atoms with E-state index in [-0.39, 0.29) is 23.3 Å². The molecule has 1 aliphatic heterocycles. The Labute approximate surface area is 110 Å². The maximum Gasteiger partial charge on any atom is 0.222 e. The average Bonchev–Trinajstić information content (AvgIpc) is 2.27. The van der Waals surface area contributed by atoms with E-state index in [0.29, 0.717) is 32.0 Å². The summed E-state index contributed by atoms with van der Waals surface area (Å²) in [6, 6.07) is 0. The van der Waals surface area contributed by atoms with Crippen molar-refractivity contribution in [1.29, 1.82) is 0 Å². The van der Waals surface area contributed by atoms with E-state index >= 15 is 0 Å². The first kappa shape index (κ1) is 15.4. The molecule has 18 heavy (non-hydrogen) atoms. The van der Waals surface area contributed by atoms with Crippen molar-refractivity contribution >= 4 is 15.7 Å². The van der Waals surface area contributed by atoms with Crippen LogP contribution in [0.5, 0.6) is 0 Å². The molecule has 1 unspecified atom stereocenters. The number of carbonyl (C=O) groups excluding carboxylic acids is 1. The van der Waals surface area contributed by atoms with Gasteiger partial charge in [-0.2, -0.15) is 0 Å². The molecule has 1 saturated heterocycles. The molecular formula is C12H24N2O3S. The van der Waals surface area contributed by atoms with E-state index in [9.17, 15) is 13.2 Å². The SMILES string of the molecule is CC(C)CC(CN)CC(=O)N1CCS(=O)(=O)CC1. The number of sulfone groups is 1. The van der Waals surface area contributed by atoms with Crippen LogP contribution in [0.1, 0.15) is 26.7 Å². The molecule has 0 aromatic carbocycles. The maximum absolute atomic E-state index is 12.0. The lowest BCUT2D eigenvalue weighted by Gasteiger charge is -2.28. The van der Waals surface area contributed by atoms with Gasteiger partial charge in [-0.25, -0.2) is 8.42 Å². The summed E-state index contributed by atoms with van der Waals surface area (Å²) in [4.78, 5) is 13.7. The molecule has 5 nitrogen and oxygen atoms in total. The van der Waals surface area contributed by atoms with E-state index in [1.54, 1.807) is 4.90 Å². The van der Waals surface area contributed by atoms with E-state index < -0.39 is 9.84 Å². The first-order chi connectivity index (χ1) is 8.34. The largest absolute Gasteiger partial charge is 0.341 e. The number of amides is 1. The molecule has 1 aliphatic rings. The Morgan fingerprint density at radius 2 is 1.83 bits per heavy atom. The zero-order valence-electron chi connectivity index (χ0n) is 11.3. The van der Waals surface area contributed by atoms with Crippen LogP contribution in [-0.4, -0.2) is 50.4 Å². The Bertz CT molecular complexity index is 365. The fourth-order valence-corrected chi connectivity index (χ4v) is 3.47. The van der Waals surface area contributed by atoms with Crippen LogP contribution in [0.4, 0.5) is 0 Å². The fourth-order valence-electron chi connectivity index (χ4n) is 2.27. The fraction of sp³-hybridized carbons (Fsp3) is 0.917. The van der Waals surface area contributed by atoms with Gasteiger partial charge in [-0.1, -0.05) is 13.8 Å². The molecule has 1 amide bonds. The summed E-state index contributed by atoms with van der Waals surface area (Å²) in [7, 11) is -2.92. The number of nitrogens with zero attached hydrogens (tertiary/aromatic N) is 1. The first-order valence-electron chi connectivity index (χ1n) is 6.52. The van der Waals surface area contributed by atoms with E-state index in [1.165, 1.54) is 0 Å². The summed E-state index contributed by atoms with van der Waals surface area (Å²) in [5.41, 5.74) is 5.68. The van der Waals surface area contributed by atoms with Gasteiger partial charge >= 0.3 is 0 Å². The highest BCUT2D eigenvalue weighted by Crippen LogP contribution is 2.16. The maximum atomic E-state index is 12.0. The number of hydrogen-bond acceptors (Lipinski definition) is 4. The van der Waals surface area contributed by atoms with Gasteiger partial charge in [0.05, 0.1) is 11.5 Å². The van der Waals surface area contributed by atoms with Gasteiger partial charge < -0.3 is 10.6 Å². The molecule has 1 fully saturated rings. The van der Waals surface area contributed by atoms with Gasteiger partial charge in [0.2, 0.25) is 5.91 Å². The van der Waals surface area contributed by atoms with Crippen molar-refractivity contribution in [2.24, 2.45) is 17.6 Å². The Balaban J connectivity index is 2.45. The van der Waals surface area contributed by atoms with Crippen LogP contribution in [-0.2, 0) is 14.6 Å². The molecule has 2 N–H and O–H groups in total.